The molecule has 0 heterocycles. The number of benzene rings is 1. The van der Waals surface area contributed by atoms with Crippen molar-refractivity contribution in [2.24, 2.45) is 0 Å². The predicted octanol–water partition coefficient (Wildman–Crippen LogP) is 3.11. The van der Waals surface area contributed by atoms with Gasteiger partial charge in [-0.2, -0.15) is 5.26 Å². The molecule has 0 radical (unpaired) electrons. The van der Waals surface area contributed by atoms with Gasteiger partial charge in [0.1, 0.15) is 5.54 Å². The lowest BCUT2D eigenvalue weighted by Gasteiger charge is -2.36. The fraction of sp³-hybridized carbons (Fsp3) is 0.462. The fourth-order valence-electron chi connectivity index (χ4n) is 1.90. The molecule has 1 aliphatic rings. The van der Waals surface area contributed by atoms with E-state index in [1.807, 2.05) is 0 Å². The Morgan fingerprint density at radius 2 is 2.00 bits per heavy atom. The minimum Gasteiger partial charge on any atom is -0.367 e. The van der Waals surface area contributed by atoms with Crippen molar-refractivity contribution in [1.29, 1.82) is 5.26 Å². The van der Waals surface area contributed by atoms with Crippen LogP contribution < -0.4 is 5.32 Å². The van der Waals surface area contributed by atoms with E-state index in [1.54, 1.807) is 0 Å². The second kappa shape index (κ2) is 3.94. The normalized spacial score (nSPS) is 17.6. The molecule has 1 N–H and O–H groups in total. The molecule has 0 amide bonds. The molecule has 0 spiro atoms. The number of anilines is 1. The summed E-state index contributed by atoms with van der Waals surface area (Å²) in [6, 6.07) is 10.7. The summed E-state index contributed by atoms with van der Waals surface area (Å²) < 4.78 is 0. The Hall–Kier alpha value is -1.49. The highest BCUT2D eigenvalue weighted by molar-refractivity contribution is 5.49. The van der Waals surface area contributed by atoms with E-state index in [0.29, 0.717) is 0 Å². The third-order valence-corrected chi connectivity index (χ3v) is 3.17. The SMILES string of the molecule is CCc1ccc(NC2(C#N)CCC2)cc1. The van der Waals surface area contributed by atoms with Crippen LogP contribution in [-0.2, 0) is 6.42 Å². The third-order valence-electron chi connectivity index (χ3n) is 3.17. The zero-order valence-electron chi connectivity index (χ0n) is 9.09. The Balaban J connectivity index is 2.08. The largest absolute Gasteiger partial charge is 0.367 e. The fourth-order valence-corrected chi connectivity index (χ4v) is 1.90. The van der Waals surface area contributed by atoms with Gasteiger partial charge in [0.15, 0.2) is 0 Å². The summed E-state index contributed by atoms with van der Waals surface area (Å²) in [5.74, 6) is 0. The Bertz CT molecular complexity index is 369. The van der Waals surface area contributed by atoms with Gasteiger partial charge in [0.25, 0.3) is 0 Å². The molecule has 0 unspecified atom stereocenters. The number of nitrogens with zero attached hydrogens (tertiary/aromatic N) is 1. The molecular weight excluding hydrogens is 184 g/mol. The van der Waals surface area contributed by atoms with E-state index in [2.05, 4.69) is 42.6 Å². The van der Waals surface area contributed by atoms with Crippen LogP contribution >= 0.6 is 0 Å². The van der Waals surface area contributed by atoms with Crippen molar-refractivity contribution in [1.82, 2.24) is 0 Å². The third kappa shape index (κ3) is 1.97. The van der Waals surface area contributed by atoms with E-state index >= 15 is 0 Å². The van der Waals surface area contributed by atoms with Crippen LogP contribution in [0.15, 0.2) is 24.3 Å². The Kier molecular flexibility index (Phi) is 2.64. The summed E-state index contributed by atoms with van der Waals surface area (Å²) in [4.78, 5) is 0. The Morgan fingerprint density at radius 1 is 1.33 bits per heavy atom. The molecule has 15 heavy (non-hydrogen) atoms. The molecule has 78 valence electrons. The zero-order valence-corrected chi connectivity index (χ0v) is 9.09. The van der Waals surface area contributed by atoms with E-state index in [9.17, 15) is 0 Å². The van der Waals surface area contributed by atoms with Crippen LogP contribution in [0.1, 0.15) is 31.7 Å². The number of hydrogen-bond donors (Lipinski definition) is 1. The van der Waals surface area contributed by atoms with E-state index in [4.69, 9.17) is 5.26 Å². The van der Waals surface area contributed by atoms with Crippen LogP contribution in [0.25, 0.3) is 0 Å². The van der Waals surface area contributed by atoms with Gasteiger partial charge >= 0.3 is 0 Å². The van der Waals surface area contributed by atoms with Crippen LogP contribution in [0, 0.1) is 11.3 Å². The molecule has 0 aromatic heterocycles. The van der Waals surface area contributed by atoms with E-state index in [1.165, 1.54) is 5.56 Å². The average Bonchev–Trinajstić information content (AvgIpc) is 2.24. The minimum absolute atomic E-state index is 0.284. The average molecular weight is 200 g/mol. The van der Waals surface area contributed by atoms with Crippen LogP contribution in [0.5, 0.6) is 0 Å². The molecule has 0 saturated heterocycles. The quantitative estimate of drug-likeness (QED) is 0.813. The second-order valence-electron chi connectivity index (χ2n) is 4.22. The first kappa shape index (κ1) is 10.0. The summed E-state index contributed by atoms with van der Waals surface area (Å²) >= 11 is 0. The molecule has 0 bridgehead atoms. The van der Waals surface area contributed by atoms with Crippen LogP contribution in [-0.4, -0.2) is 5.54 Å². The zero-order chi connectivity index (χ0) is 10.7. The van der Waals surface area contributed by atoms with E-state index in [0.717, 1.165) is 31.4 Å². The summed E-state index contributed by atoms with van der Waals surface area (Å²) in [5.41, 5.74) is 2.11. The number of hydrogen-bond acceptors (Lipinski definition) is 2. The van der Waals surface area contributed by atoms with E-state index in [-0.39, 0.29) is 5.54 Å². The maximum Gasteiger partial charge on any atom is 0.125 e. The second-order valence-corrected chi connectivity index (χ2v) is 4.22. The lowest BCUT2D eigenvalue weighted by atomic mass is 9.78. The van der Waals surface area contributed by atoms with Crippen molar-refractivity contribution in [2.45, 2.75) is 38.1 Å². The van der Waals surface area contributed by atoms with Crippen molar-refractivity contribution in [3.63, 3.8) is 0 Å². The van der Waals surface area contributed by atoms with Gasteiger partial charge < -0.3 is 5.32 Å². The molecular formula is C13H16N2. The van der Waals surface area contributed by atoms with Crippen LogP contribution in [0.2, 0.25) is 0 Å². The highest BCUT2D eigenvalue weighted by Gasteiger charge is 2.36. The molecule has 0 aliphatic heterocycles. The van der Waals surface area contributed by atoms with Gasteiger partial charge in [-0.3, -0.25) is 0 Å². The van der Waals surface area contributed by atoms with Gasteiger partial charge in [0.05, 0.1) is 6.07 Å². The molecule has 2 rings (SSSR count). The van der Waals surface area contributed by atoms with Gasteiger partial charge in [-0.05, 0) is 43.4 Å². The minimum atomic E-state index is -0.284. The number of nitrogens with one attached hydrogen (secondary N) is 1. The van der Waals surface area contributed by atoms with Crippen molar-refractivity contribution < 1.29 is 0 Å². The first-order valence-electron chi connectivity index (χ1n) is 5.56. The van der Waals surface area contributed by atoms with Gasteiger partial charge in [-0.25, -0.2) is 0 Å². The monoisotopic (exact) mass is 200 g/mol. The number of aryl methyl sites for hydroxylation is 1. The molecule has 2 heteroatoms. The van der Waals surface area contributed by atoms with Crippen molar-refractivity contribution in [3.05, 3.63) is 29.8 Å². The maximum atomic E-state index is 9.09. The topological polar surface area (TPSA) is 35.8 Å². The Morgan fingerprint density at radius 3 is 2.40 bits per heavy atom. The van der Waals surface area contributed by atoms with Crippen LogP contribution in [0.4, 0.5) is 5.69 Å². The molecule has 1 aliphatic carbocycles. The number of nitriles is 1. The Labute approximate surface area is 90.9 Å². The lowest BCUT2D eigenvalue weighted by Crippen LogP contribution is -2.43. The molecule has 1 aromatic carbocycles. The van der Waals surface area contributed by atoms with Crippen molar-refractivity contribution >= 4 is 5.69 Å². The first-order chi connectivity index (χ1) is 7.28. The summed E-state index contributed by atoms with van der Waals surface area (Å²) in [6.07, 6.45) is 4.16. The van der Waals surface area contributed by atoms with Gasteiger partial charge in [0.2, 0.25) is 0 Å². The smallest absolute Gasteiger partial charge is 0.125 e. The van der Waals surface area contributed by atoms with E-state index < -0.39 is 0 Å². The summed E-state index contributed by atoms with van der Waals surface area (Å²) in [6.45, 7) is 2.14. The molecule has 2 nitrogen and oxygen atoms in total. The molecule has 1 fully saturated rings. The molecule has 0 atom stereocenters. The lowest BCUT2D eigenvalue weighted by molar-refractivity contribution is 0.356. The first-order valence-corrected chi connectivity index (χ1v) is 5.56. The summed E-state index contributed by atoms with van der Waals surface area (Å²) in [5, 5.41) is 12.4. The highest BCUT2D eigenvalue weighted by Crippen LogP contribution is 2.34. The number of rotatable bonds is 3. The summed E-state index contributed by atoms with van der Waals surface area (Å²) in [7, 11) is 0. The van der Waals surface area contributed by atoms with Crippen molar-refractivity contribution in [2.75, 3.05) is 5.32 Å². The van der Waals surface area contributed by atoms with Gasteiger partial charge in [-0.1, -0.05) is 19.1 Å². The maximum absolute atomic E-state index is 9.09. The molecule has 1 aromatic rings. The molecule has 1 saturated carbocycles. The predicted molar refractivity (Wildman–Crippen MR) is 61.6 cm³/mol. The van der Waals surface area contributed by atoms with Gasteiger partial charge in [0, 0.05) is 5.69 Å². The van der Waals surface area contributed by atoms with Gasteiger partial charge in [-0.15, -0.1) is 0 Å². The standard InChI is InChI=1S/C13H16N2/c1-2-11-4-6-12(7-5-11)15-13(10-14)8-3-9-13/h4-7,15H,2-3,8-9H2,1H3. The highest BCUT2D eigenvalue weighted by atomic mass is 15.0. The van der Waals surface area contributed by atoms with Crippen LogP contribution in [0.3, 0.4) is 0 Å². The van der Waals surface area contributed by atoms with Crippen molar-refractivity contribution in [3.8, 4) is 6.07 Å².